The van der Waals surface area contributed by atoms with E-state index >= 15 is 0 Å². The Morgan fingerprint density at radius 1 is 1.06 bits per heavy atom. The highest BCUT2D eigenvalue weighted by atomic mass is 32.2. The molecule has 0 bridgehead atoms. The number of rotatable bonds is 7. The first-order chi connectivity index (χ1) is 16.1. The average Bonchev–Trinajstić information content (AvgIpc) is 3.43. The van der Waals surface area contributed by atoms with Gasteiger partial charge in [0, 0.05) is 22.9 Å². The van der Waals surface area contributed by atoms with Crippen LogP contribution in [0.2, 0.25) is 0 Å². The number of halogens is 3. The number of esters is 1. The van der Waals surface area contributed by atoms with Crippen molar-refractivity contribution in [2.45, 2.75) is 23.4 Å². The molecule has 0 aliphatic rings. The number of carbonyl (C=O) groups is 1. The zero-order valence-electron chi connectivity index (χ0n) is 17.7. The molecular formula is C23H18F3NO5S2. The molecule has 2 aromatic carbocycles. The van der Waals surface area contributed by atoms with Crippen molar-refractivity contribution in [1.29, 1.82) is 0 Å². The SMILES string of the molecule is COC(=O)CCc1cn(S(=O)(=O)c2ccc(-c3cccc(OC(F)(F)F)c3)s2)c2ccccc12. The van der Waals surface area contributed by atoms with Crippen molar-refractivity contribution in [2.75, 3.05) is 7.11 Å². The van der Waals surface area contributed by atoms with E-state index in [1.165, 1.54) is 43.6 Å². The second kappa shape index (κ2) is 9.15. The summed E-state index contributed by atoms with van der Waals surface area (Å²) in [5.74, 6) is -0.797. The van der Waals surface area contributed by atoms with E-state index in [0.29, 0.717) is 33.3 Å². The van der Waals surface area contributed by atoms with E-state index in [2.05, 4.69) is 9.47 Å². The van der Waals surface area contributed by atoms with Crippen molar-refractivity contribution in [3.63, 3.8) is 0 Å². The normalized spacial score (nSPS) is 12.1. The van der Waals surface area contributed by atoms with E-state index in [1.54, 1.807) is 30.3 Å². The molecule has 0 N–H and O–H groups in total. The van der Waals surface area contributed by atoms with Gasteiger partial charge in [0.2, 0.25) is 0 Å². The molecule has 178 valence electrons. The topological polar surface area (TPSA) is 74.6 Å². The molecule has 0 saturated heterocycles. The number of ether oxygens (including phenoxy) is 2. The molecule has 6 nitrogen and oxygen atoms in total. The molecule has 2 heterocycles. The monoisotopic (exact) mass is 509 g/mol. The van der Waals surface area contributed by atoms with E-state index in [0.717, 1.165) is 15.3 Å². The molecule has 0 unspecified atom stereocenters. The number of alkyl halides is 3. The van der Waals surface area contributed by atoms with E-state index in [-0.39, 0.29) is 10.6 Å². The number of aromatic nitrogens is 1. The Kier molecular flexibility index (Phi) is 6.41. The number of thiophene rings is 1. The first-order valence-electron chi connectivity index (χ1n) is 9.96. The summed E-state index contributed by atoms with van der Waals surface area (Å²) in [6.45, 7) is 0. The van der Waals surface area contributed by atoms with Crippen LogP contribution in [0, 0.1) is 0 Å². The van der Waals surface area contributed by atoms with Crippen LogP contribution in [-0.2, 0) is 26.0 Å². The number of carbonyl (C=O) groups excluding carboxylic acids is 1. The van der Waals surface area contributed by atoms with Crippen molar-refractivity contribution in [3.05, 3.63) is 72.4 Å². The molecule has 0 aliphatic carbocycles. The number of aryl methyl sites for hydroxylation is 1. The molecule has 0 atom stereocenters. The lowest BCUT2D eigenvalue weighted by molar-refractivity contribution is -0.274. The van der Waals surface area contributed by atoms with Crippen molar-refractivity contribution in [3.8, 4) is 16.2 Å². The fourth-order valence-corrected chi connectivity index (χ4v) is 6.30. The van der Waals surface area contributed by atoms with Crippen LogP contribution >= 0.6 is 11.3 Å². The molecule has 0 aliphatic heterocycles. The van der Waals surface area contributed by atoms with Gasteiger partial charge in [-0.1, -0.05) is 30.3 Å². The largest absolute Gasteiger partial charge is 0.573 e. The maximum Gasteiger partial charge on any atom is 0.573 e. The van der Waals surface area contributed by atoms with Gasteiger partial charge in [0.25, 0.3) is 10.0 Å². The van der Waals surface area contributed by atoms with Crippen LogP contribution in [0.1, 0.15) is 12.0 Å². The molecule has 0 fully saturated rings. The lowest BCUT2D eigenvalue weighted by atomic mass is 10.1. The second-order valence-electron chi connectivity index (χ2n) is 7.24. The summed E-state index contributed by atoms with van der Waals surface area (Å²) in [5.41, 5.74) is 1.53. The zero-order chi connectivity index (χ0) is 24.5. The van der Waals surface area contributed by atoms with E-state index in [9.17, 15) is 26.4 Å². The Balaban J connectivity index is 1.69. The maximum atomic E-state index is 13.5. The predicted octanol–water partition coefficient (Wildman–Crippen LogP) is 5.61. The van der Waals surface area contributed by atoms with E-state index < -0.39 is 28.1 Å². The number of hydrogen-bond acceptors (Lipinski definition) is 6. The quantitative estimate of drug-likeness (QED) is 0.303. The number of nitrogens with zero attached hydrogens (tertiary/aromatic N) is 1. The van der Waals surface area contributed by atoms with E-state index in [4.69, 9.17) is 0 Å². The standard InChI is InChI=1S/C23H18F3NO5S2/c1-31-21(28)11-9-16-14-27(19-8-3-2-7-18(16)19)34(29,30)22-12-10-20(33-22)15-5-4-6-17(13-15)32-23(24,25)26/h2-8,10,12-14H,9,11H2,1H3. The summed E-state index contributed by atoms with van der Waals surface area (Å²) in [7, 11) is -2.72. The molecule has 4 aromatic rings. The highest BCUT2D eigenvalue weighted by molar-refractivity contribution is 7.92. The number of methoxy groups -OCH3 is 1. The van der Waals surface area contributed by atoms with Crippen molar-refractivity contribution in [1.82, 2.24) is 3.97 Å². The van der Waals surface area contributed by atoms with Crippen LogP contribution in [0.4, 0.5) is 13.2 Å². The molecule has 0 saturated carbocycles. The van der Waals surface area contributed by atoms with Crippen LogP contribution in [0.15, 0.2) is 71.1 Å². The molecule has 4 rings (SSSR count). The Morgan fingerprint density at radius 3 is 2.56 bits per heavy atom. The summed E-state index contributed by atoms with van der Waals surface area (Å²) >= 11 is 0.934. The lowest BCUT2D eigenvalue weighted by Gasteiger charge is -2.09. The Morgan fingerprint density at radius 2 is 1.82 bits per heavy atom. The summed E-state index contributed by atoms with van der Waals surface area (Å²) in [4.78, 5) is 12.0. The van der Waals surface area contributed by atoms with Crippen LogP contribution in [-0.4, -0.2) is 31.8 Å². The van der Waals surface area contributed by atoms with Gasteiger partial charge in [0.05, 0.1) is 12.6 Å². The highest BCUT2D eigenvalue weighted by Gasteiger charge is 2.31. The van der Waals surface area contributed by atoms with Gasteiger partial charge in [-0.3, -0.25) is 4.79 Å². The minimum atomic E-state index is -4.83. The van der Waals surface area contributed by atoms with Crippen molar-refractivity contribution >= 4 is 38.2 Å². The van der Waals surface area contributed by atoms with Crippen molar-refractivity contribution in [2.24, 2.45) is 0 Å². The first kappa shape index (κ1) is 23.8. The molecular weight excluding hydrogens is 491 g/mol. The zero-order valence-corrected chi connectivity index (χ0v) is 19.3. The lowest BCUT2D eigenvalue weighted by Crippen LogP contribution is -2.17. The number of benzene rings is 2. The van der Waals surface area contributed by atoms with Gasteiger partial charge in [0.1, 0.15) is 9.96 Å². The number of fused-ring (bicyclic) bond motifs is 1. The highest BCUT2D eigenvalue weighted by Crippen LogP contribution is 2.36. The molecule has 34 heavy (non-hydrogen) atoms. The average molecular weight is 510 g/mol. The Bertz CT molecular complexity index is 1450. The Hall–Kier alpha value is -3.31. The first-order valence-corrected chi connectivity index (χ1v) is 12.2. The minimum absolute atomic E-state index is 0.0184. The molecule has 0 spiro atoms. The van der Waals surface area contributed by atoms with Gasteiger partial charge >= 0.3 is 12.3 Å². The third kappa shape index (κ3) is 4.95. The number of hydrogen-bond donors (Lipinski definition) is 0. The summed E-state index contributed by atoms with van der Waals surface area (Å²) in [5, 5.41) is 0.698. The second-order valence-corrected chi connectivity index (χ2v) is 10.4. The van der Waals surface area contributed by atoms with Crippen molar-refractivity contribution < 1.29 is 35.9 Å². The van der Waals surface area contributed by atoms with Crippen LogP contribution in [0.3, 0.4) is 0 Å². The van der Waals surface area contributed by atoms with Gasteiger partial charge < -0.3 is 9.47 Å². The van der Waals surface area contributed by atoms with Gasteiger partial charge in [-0.15, -0.1) is 24.5 Å². The third-order valence-electron chi connectivity index (χ3n) is 5.03. The number of para-hydroxylation sites is 1. The smallest absolute Gasteiger partial charge is 0.469 e. The third-order valence-corrected chi connectivity index (χ3v) is 8.31. The van der Waals surface area contributed by atoms with Crippen LogP contribution in [0.5, 0.6) is 5.75 Å². The summed E-state index contributed by atoms with van der Waals surface area (Å²) in [6, 6.07) is 15.2. The fourth-order valence-electron chi connectivity index (χ4n) is 3.51. The minimum Gasteiger partial charge on any atom is -0.469 e. The molecule has 0 radical (unpaired) electrons. The van der Waals surface area contributed by atoms with Gasteiger partial charge in [-0.05, 0) is 47.9 Å². The summed E-state index contributed by atoms with van der Waals surface area (Å²) < 4.78 is 74.4. The molecule has 2 aromatic heterocycles. The maximum absolute atomic E-state index is 13.5. The van der Waals surface area contributed by atoms with E-state index in [1.807, 2.05) is 0 Å². The molecule has 11 heteroatoms. The van der Waals surface area contributed by atoms with Gasteiger partial charge in [0.15, 0.2) is 0 Å². The fraction of sp³-hybridized carbons (Fsp3) is 0.174. The molecule has 0 amide bonds. The van der Waals surface area contributed by atoms with Gasteiger partial charge in [-0.25, -0.2) is 3.97 Å². The van der Waals surface area contributed by atoms with Crippen LogP contribution < -0.4 is 4.74 Å². The summed E-state index contributed by atoms with van der Waals surface area (Å²) in [6.07, 6.45) is -2.94. The van der Waals surface area contributed by atoms with Crippen LogP contribution in [0.25, 0.3) is 21.3 Å². The predicted molar refractivity (Wildman–Crippen MR) is 121 cm³/mol. The van der Waals surface area contributed by atoms with Gasteiger partial charge in [-0.2, -0.15) is 8.42 Å². The Labute approximate surface area is 197 Å².